The van der Waals surface area contributed by atoms with Gasteiger partial charge in [-0.25, -0.2) is 0 Å². The zero-order chi connectivity index (χ0) is 16.7. The molecule has 1 amide bonds. The quantitative estimate of drug-likeness (QED) is 0.924. The number of piperidine rings is 1. The normalized spacial score (nSPS) is 23.4. The molecule has 1 aliphatic heterocycles. The van der Waals surface area contributed by atoms with Crippen molar-refractivity contribution in [2.75, 3.05) is 13.1 Å². The van der Waals surface area contributed by atoms with E-state index in [0.717, 1.165) is 23.4 Å². The van der Waals surface area contributed by atoms with Crippen molar-refractivity contribution in [1.29, 1.82) is 0 Å². The molecule has 2 atom stereocenters. The summed E-state index contributed by atoms with van der Waals surface area (Å²) in [4.78, 5) is 26.0. The lowest BCUT2D eigenvalue weighted by atomic mass is 9.81. The van der Waals surface area contributed by atoms with E-state index in [1.807, 2.05) is 27.8 Å². The van der Waals surface area contributed by atoms with Crippen LogP contribution in [0.25, 0.3) is 0 Å². The second-order valence-corrected chi connectivity index (χ2v) is 6.66. The van der Waals surface area contributed by atoms with Crippen LogP contribution in [0.2, 0.25) is 0 Å². The van der Waals surface area contributed by atoms with Gasteiger partial charge in [-0.3, -0.25) is 14.3 Å². The number of aliphatic carboxylic acids is 1. The maximum Gasteiger partial charge on any atom is 0.311 e. The third-order valence-electron chi connectivity index (χ3n) is 4.89. The van der Waals surface area contributed by atoms with Gasteiger partial charge in [0.15, 0.2) is 0 Å². The number of carboxylic acid groups (broad SMARTS) is 1. The molecule has 1 aromatic rings. The Morgan fingerprint density at radius 2 is 2.00 bits per heavy atom. The van der Waals surface area contributed by atoms with Crippen molar-refractivity contribution in [1.82, 2.24) is 14.7 Å². The van der Waals surface area contributed by atoms with E-state index in [4.69, 9.17) is 0 Å². The largest absolute Gasteiger partial charge is 0.481 e. The van der Waals surface area contributed by atoms with E-state index < -0.39 is 11.4 Å². The highest BCUT2D eigenvalue weighted by Gasteiger charge is 2.40. The molecule has 1 aromatic heterocycles. The van der Waals surface area contributed by atoms with Crippen LogP contribution in [0.4, 0.5) is 0 Å². The molecule has 6 nitrogen and oxygen atoms in total. The van der Waals surface area contributed by atoms with Crippen molar-refractivity contribution in [2.24, 2.45) is 12.5 Å². The maximum atomic E-state index is 12.8. The molecule has 2 rings (SSSR count). The van der Waals surface area contributed by atoms with Gasteiger partial charge >= 0.3 is 5.97 Å². The summed E-state index contributed by atoms with van der Waals surface area (Å²) < 4.78 is 1.78. The van der Waals surface area contributed by atoms with Crippen molar-refractivity contribution >= 4 is 11.9 Å². The van der Waals surface area contributed by atoms with Gasteiger partial charge in [-0.05, 0) is 40.5 Å². The lowest BCUT2D eigenvalue weighted by molar-refractivity contribution is -0.153. The van der Waals surface area contributed by atoms with Crippen LogP contribution in [0, 0.1) is 19.3 Å². The Morgan fingerprint density at radius 1 is 1.36 bits per heavy atom. The minimum atomic E-state index is -0.841. The van der Waals surface area contributed by atoms with Crippen LogP contribution >= 0.6 is 0 Å². The molecule has 1 saturated heterocycles. The summed E-state index contributed by atoms with van der Waals surface area (Å²) in [5.41, 5.74) is 1.96. The number of aromatic nitrogens is 2. The molecular weight excluding hydrogens is 282 g/mol. The number of amides is 1. The molecule has 22 heavy (non-hydrogen) atoms. The van der Waals surface area contributed by atoms with Gasteiger partial charge in [-0.2, -0.15) is 5.10 Å². The fourth-order valence-corrected chi connectivity index (χ4v) is 3.42. The van der Waals surface area contributed by atoms with Crippen LogP contribution in [0.3, 0.4) is 0 Å². The van der Waals surface area contributed by atoms with E-state index in [9.17, 15) is 14.7 Å². The zero-order valence-corrected chi connectivity index (χ0v) is 14.0. The molecule has 0 aromatic carbocycles. The van der Waals surface area contributed by atoms with Crippen LogP contribution < -0.4 is 0 Å². The van der Waals surface area contributed by atoms with Gasteiger partial charge in [-0.1, -0.05) is 0 Å². The number of rotatable bonds is 3. The summed E-state index contributed by atoms with van der Waals surface area (Å²) in [5.74, 6) is -1.14. The van der Waals surface area contributed by atoms with Crippen LogP contribution in [0.15, 0.2) is 0 Å². The lowest BCUT2D eigenvalue weighted by Gasteiger charge is -2.38. The average Bonchev–Trinajstić information content (AvgIpc) is 2.70. The smallest absolute Gasteiger partial charge is 0.311 e. The summed E-state index contributed by atoms with van der Waals surface area (Å²) >= 11 is 0. The third-order valence-corrected chi connectivity index (χ3v) is 4.89. The Balaban J connectivity index is 2.22. The molecule has 1 N–H and O–H groups in total. The number of aryl methyl sites for hydroxylation is 2. The van der Waals surface area contributed by atoms with Crippen LogP contribution in [-0.2, 0) is 16.6 Å². The number of hydrogen-bond donors (Lipinski definition) is 1. The fourth-order valence-electron chi connectivity index (χ4n) is 3.42. The molecule has 6 heteroatoms. The second-order valence-electron chi connectivity index (χ2n) is 6.66. The SMILES string of the molecule is Cc1nn(C)c(C)c1C(C)C(=O)N1CCCC(C)(C(=O)O)C1. The summed E-state index contributed by atoms with van der Waals surface area (Å²) in [5, 5.41) is 13.8. The highest BCUT2D eigenvalue weighted by atomic mass is 16.4. The Morgan fingerprint density at radius 3 is 2.50 bits per heavy atom. The lowest BCUT2D eigenvalue weighted by Crippen LogP contribution is -2.49. The summed E-state index contributed by atoms with van der Waals surface area (Å²) in [6.45, 7) is 8.38. The molecule has 0 saturated carbocycles. The number of carbonyl (C=O) groups is 2. The first-order valence-corrected chi connectivity index (χ1v) is 7.69. The first-order valence-electron chi connectivity index (χ1n) is 7.69. The summed E-state index contributed by atoms with van der Waals surface area (Å²) in [6, 6.07) is 0. The van der Waals surface area contributed by atoms with Crippen molar-refractivity contribution in [2.45, 2.75) is 46.5 Å². The van der Waals surface area contributed by atoms with Crippen LogP contribution in [0.5, 0.6) is 0 Å². The first-order chi connectivity index (χ1) is 10.2. The Hall–Kier alpha value is -1.85. The van der Waals surface area contributed by atoms with E-state index >= 15 is 0 Å². The van der Waals surface area contributed by atoms with Crippen molar-refractivity contribution in [3.05, 3.63) is 17.0 Å². The molecule has 0 aliphatic carbocycles. The highest BCUT2D eigenvalue weighted by Crippen LogP contribution is 2.32. The molecule has 0 bridgehead atoms. The zero-order valence-electron chi connectivity index (χ0n) is 14.0. The van der Waals surface area contributed by atoms with Crippen molar-refractivity contribution < 1.29 is 14.7 Å². The standard InChI is InChI=1S/C16H25N3O3/c1-10(13-11(2)17-18(5)12(13)3)14(20)19-8-6-7-16(4,9-19)15(21)22/h10H,6-9H2,1-5H3,(H,21,22). The molecule has 2 heterocycles. The van der Waals surface area contributed by atoms with E-state index in [-0.39, 0.29) is 18.4 Å². The van der Waals surface area contributed by atoms with Crippen LogP contribution in [0.1, 0.15) is 49.6 Å². The van der Waals surface area contributed by atoms with Gasteiger partial charge in [-0.15, -0.1) is 0 Å². The molecule has 0 spiro atoms. The van der Waals surface area contributed by atoms with E-state index in [1.54, 1.807) is 16.5 Å². The van der Waals surface area contributed by atoms with Gasteiger partial charge in [0, 0.05) is 31.4 Å². The van der Waals surface area contributed by atoms with Gasteiger partial charge in [0.2, 0.25) is 5.91 Å². The number of hydrogen-bond acceptors (Lipinski definition) is 3. The topological polar surface area (TPSA) is 75.4 Å². The predicted octanol–water partition coefficient (Wildman–Crippen LogP) is 1.85. The van der Waals surface area contributed by atoms with E-state index in [2.05, 4.69) is 5.10 Å². The molecule has 122 valence electrons. The third kappa shape index (κ3) is 2.74. The van der Waals surface area contributed by atoms with Crippen LogP contribution in [-0.4, -0.2) is 44.8 Å². The summed E-state index contributed by atoms with van der Waals surface area (Å²) in [6.07, 6.45) is 1.34. The fraction of sp³-hybridized carbons (Fsp3) is 0.688. The van der Waals surface area contributed by atoms with Gasteiger partial charge in [0.25, 0.3) is 0 Å². The van der Waals surface area contributed by atoms with E-state index in [0.29, 0.717) is 13.0 Å². The molecular formula is C16H25N3O3. The monoisotopic (exact) mass is 307 g/mol. The molecule has 1 aliphatic rings. The minimum Gasteiger partial charge on any atom is -0.481 e. The molecule has 0 radical (unpaired) electrons. The molecule has 1 fully saturated rings. The van der Waals surface area contributed by atoms with Crippen molar-refractivity contribution in [3.8, 4) is 0 Å². The number of carboxylic acids is 1. The van der Waals surface area contributed by atoms with Crippen molar-refractivity contribution in [3.63, 3.8) is 0 Å². The van der Waals surface area contributed by atoms with Gasteiger partial charge in [0.05, 0.1) is 17.0 Å². The Kier molecular flexibility index (Phi) is 4.31. The number of carbonyl (C=O) groups excluding carboxylic acids is 1. The Labute approximate surface area is 131 Å². The maximum absolute atomic E-state index is 12.8. The summed E-state index contributed by atoms with van der Waals surface area (Å²) in [7, 11) is 1.87. The number of nitrogens with zero attached hydrogens (tertiary/aromatic N) is 3. The molecule has 2 unspecified atom stereocenters. The van der Waals surface area contributed by atoms with E-state index in [1.165, 1.54) is 0 Å². The Bertz CT molecular complexity index is 608. The van der Waals surface area contributed by atoms with Gasteiger partial charge < -0.3 is 10.0 Å². The second kappa shape index (κ2) is 5.74. The average molecular weight is 307 g/mol. The number of likely N-dealkylation sites (tertiary alicyclic amines) is 1. The highest BCUT2D eigenvalue weighted by molar-refractivity contribution is 5.85. The minimum absolute atomic E-state index is 0.00799. The predicted molar refractivity (Wildman–Crippen MR) is 82.7 cm³/mol. The first kappa shape index (κ1) is 16.5. The van der Waals surface area contributed by atoms with Gasteiger partial charge in [0.1, 0.15) is 0 Å².